The van der Waals surface area contributed by atoms with E-state index in [1.54, 1.807) is 6.07 Å². The predicted molar refractivity (Wildman–Crippen MR) is 83.7 cm³/mol. The summed E-state index contributed by atoms with van der Waals surface area (Å²) in [6, 6.07) is 4.53. The van der Waals surface area contributed by atoms with Gasteiger partial charge in [0.05, 0.1) is 28.6 Å². The van der Waals surface area contributed by atoms with Gasteiger partial charge in [0.15, 0.2) is 0 Å². The number of hydrogen-bond acceptors (Lipinski definition) is 2. The summed E-state index contributed by atoms with van der Waals surface area (Å²) in [7, 11) is 0. The first kappa shape index (κ1) is 15.3. The smallest absolute Gasteiger partial charge is 0.125 e. The fourth-order valence-corrected chi connectivity index (χ4v) is 2.72. The van der Waals surface area contributed by atoms with Crippen molar-refractivity contribution in [1.82, 2.24) is 9.78 Å². The fraction of sp³-hybridized carbons (Fsp3) is 0.357. The monoisotopic (exact) mass is 359 g/mol. The maximum absolute atomic E-state index is 13.3. The molecular weight excluding hydrogens is 345 g/mol. The Balaban J connectivity index is 2.22. The van der Waals surface area contributed by atoms with E-state index in [0.29, 0.717) is 17.3 Å². The van der Waals surface area contributed by atoms with Gasteiger partial charge in [-0.3, -0.25) is 4.68 Å². The molecule has 0 spiro atoms. The molecule has 0 aliphatic carbocycles. The number of nitrogens with one attached hydrogen (secondary N) is 1. The Kier molecular flexibility index (Phi) is 5.05. The SMILES string of the molecule is CCc1nn(CC)c(CNc2cc(F)ccc2Br)c1Cl. The lowest BCUT2D eigenvalue weighted by Crippen LogP contribution is -2.08. The molecular formula is C14H16BrClFN3. The van der Waals surface area contributed by atoms with E-state index in [1.807, 2.05) is 18.5 Å². The molecule has 2 rings (SSSR count). The van der Waals surface area contributed by atoms with Crippen molar-refractivity contribution in [3.63, 3.8) is 0 Å². The van der Waals surface area contributed by atoms with Gasteiger partial charge >= 0.3 is 0 Å². The summed E-state index contributed by atoms with van der Waals surface area (Å²) in [5.41, 5.74) is 2.51. The largest absolute Gasteiger partial charge is 0.378 e. The molecule has 0 saturated heterocycles. The van der Waals surface area contributed by atoms with E-state index in [-0.39, 0.29) is 5.82 Å². The highest BCUT2D eigenvalue weighted by Crippen LogP contribution is 2.26. The molecule has 1 aromatic carbocycles. The molecule has 1 N–H and O–H groups in total. The molecule has 0 bridgehead atoms. The van der Waals surface area contributed by atoms with Crippen LogP contribution in [0.3, 0.4) is 0 Å². The Labute approximate surface area is 131 Å². The average Bonchev–Trinajstić information content (AvgIpc) is 2.75. The Bertz CT molecular complexity index is 613. The zero-order valence-electron chi connectivity index (χ0n) is 11.4. The van der Waals surface area contributed by atoms with Crippen LogP contribution in [0.15, 0.2) is 22.7 Å². The van der Waals surface area contributed by atoms with Gasteiger partial charge in [-0.25, -0.2) is 4.39 Å². The van der Waals surface area contributed by atoms with Crippen LogP contribution in [0.1, 0.15) is 25.2 Å². The van der Waals surface area contributed by atoms with Gasteiger partial charge in [0.25, 0.3) is 0 Å². The van der Waals surface area contributed by atoms with Gasteiger partial charge in [0.1, 0.15) is 5.82 Å². The number of rotatable bonds is 5. The third-order valence-corrected chi connectivity index (χ3v) is 4.20. The Morgan fingerprint density at radius 2 is 2.15 bits per heavy atom. The molecule has 3 nitrogen and oxygen atoms in total. The predicted octanol–water partition coefficient (Wildman–Crippen LogP) is 4.63. The molecule has 0 aliphatic rings. The van der Waals surface area contributed by atoms with Gasteiger partial charge in [-0.15, -0.1) is 0 Å². The highest BCUT2D eigenvalue weighted by Gasteiger charge is 2.14. The van der Waals surface area contributed by atoms with Crippen LogP contribution in [0, 0.1) is 5.82 Å². The van der Waals surface area contributed by atoms with Crippen molar-refractivity contribution in [3.8, 4) is 0 Å². The van der Waals surface area contributed by atoms with Crippen LogP contribution in [-0.2, 0) is 19.5 Å². The molecule has 1 aromatic heterocycles. The number of aryl methyl sites for hydroxylation is 2. The second-order valence-electron chi connectivity index (χ2n) is 4.35. The maximum Gasteiger partial charge on any atom is 0.125 e. The van der Waals surface area contributed by atoms with Crippen LogP contribution in [0.5, 0.6) is 0 Å². The van der Waals surface area contributed by atoms with Crippen LogP contribution >= 0.6 is 27.5 Å². The number of aromatic nitrogens is 2. The number of anilines is 1. The zero-order valence-corrected chi connectivity index (χ0v) is 13.7. The fourth-order valence-electron chi connectivity index (χ4n) is 2.00. The minimum absolute atomic E-state index is 0.278. The van der Waals surface area contributed by atoms with E-state index in [9.17, 15) is 4.39 Å². The van der Waals surface area contributed by atoms with Gasteiger partial charge < -0.3 is 5.32 Å². The van der Waals surface area contributed by atoms with Crippen molar-refractivity contribution >= 4 is 33.2 Å². The topological polar surface area (TPSA) is 29.9 Å². The van der Waals surface area contributed by atoms with Gasteiger partial charge in [0.2, 0.25) is 0 Å². The third-order valence-electron chi connectivity index (χ3n) is 3.07. The molecule has 6 heteroatoms. The number of benzene rings is 1. The number of hydrogen-bond donors (Lipinski definition) is 1. The van der Waals surface area contributed by atoms with Crippen LogP contribution in [0.2, 0.25) is 5.02 Å². The molecule has 1 heterocycles. The Morgan fingerprint density at radius 1 is 1.40 bits per heavy atom. The van der Waals surface area contributed by atoms with Gasteiger partial charge in [-0.2, -0.15) is 5.10 Å². The van der Waals surface area contributed by atoms with E-state index in [4.69, 9.17) is 11.6 Å². The normalized spacial score (nSPS) is 10.8. The van der Waals surface area contributed by atoms with Gasteiger partial charge in [-0.05, 0) is 47.5 Å². The lowest BCUT2D eigenvalue weighted by atomic mass is 10.2. The summed E-state index contributed by atoms with van der Waals surface area (Å²) in [4.78, 5) is 0. The van der Waals surface area contributed by atoms with E-state index >= 15 is 0 Å². The summed E-state index contributed by atoms with van der Waals surface area (Å²) in [5.74, 6) is -0.278. The lowest BCUT2D eigenvalue weighted by molar-refractivity contribution is 0.618. The number of halogens is 3. The lowest BCUT2D eigenvalue weighted by Gasteiger charge is -2.10. The highest BCUT2D eigenvalue weighted by atomic mass is 79.9. The van der Waals surface area contributed by atoms with Crippen LogP contribution in [0.4, 0.5) is 10.1 Å². The van der Waals surface area contributed by atoms with Gasteiger partial charge in [-0.1, -0.05) is 18.5 Å². The summed E-state index contributed by atoms with van der Waals surface area (Å²) in [5, 5.41) is 8.34. The molecule has 0 fully saturated rings. The third kappa shape index (κ3) is 3.15. The first-order valence-electron chi connectivity index (χ1n) is 6.49. The highest BCUT2D eigenvalue weighted by molar-refractivity contribution is 9.10. The summed E-state index contributed by atoms with van der Waals surface area (Å²) < 4.78 is 15.9. The van der Waals surface area contributed by atoms with Crippen molar-refractivity contribution in [2.75, 3.05) is 5.32 Å². The first-order valence-corrected chi connectivity index (χ1v) is 7.66. The Morgan fingerprint density at radius 3 is 2.80 bits per heavy atom. The van der Waals surface area contributed by atoms with Crippen molar-refractivity contribution < 1.29 is 4.39 Å². The quantitative estimate of drug-likeness (QED) is 0.842. The molecule has 0 amide bonds. The van der Waals surface area contributed by atoms with Crippen molar-refractivity contribution in [3.05, 3.63) is 44.9 Å². The van der Waals surface area contributed by atoms with E-state index in [1.165, 1.54) is 12.1 Å². The molecule has 0 atom stereocenters. The number of nitrogens with zero attached hydrogens (tertiary/aromatic N) is 2. The molecule has 0 unspecified atom stereocenters. The second kappa shape index (κ2) is 6.59. The summed E-state index contributed by atoms with van der Waals surface area (Å²) >= 11 is 9.73. The molecule has 2 aromatic rings. The minimum Gasteiger partial charge on any atom is -0.378 e. The van der Waals surface area contributed by atoms with Crippen molar-refractivity contribution in [2.45, 2.75) is 33.4 Å². The zero-order chi connectivity index (χ0) is 14.7. The van der Waals surface area contributed by atoms with Crippen LogP contribution in [0.25, 0.3) is 0 Å². The molecule has 0 saturated carbocycles. The maximum atomic E-state index is 13.3. The summed E-state index contributed by atoms with van der Waals surface area (Å²) in [6.07, 6.45) is 0.794. The van der Waals surface area contributed by atoms with Crippen molar-refractivity contribution in [2.24, 2.45) is 0 Å². The van der Waals surface area contributed by atoms with E-state index in [2.05, 4.69) is 26.3 Å². The second-order valence-corrected chi connectivity index (χ2v) is 5.59. The minimum atomic E-state index is -0.278. The van der Waals surface area contributed by atoms with Gasteiger partial charge in [0, 0.05) is 11.0 Å². The van der Waals surface area contributed by atoms with Crippen LogP contribution in [-0.4, -0.2) is 9.78 Å². The molecule has 108 valence electrons. The standard InChI is InChI=1S/C14H16BrClFN3/c1-3-11-14(16)13(20(4-2)19-11)8-18-12-7-9(17)5-6-10(12)15/h5-7,18H,3-4,8H2,1-2H3. The first-order chi connectivity index (χ1) is 9.56. The van der Waals surface area contributed by atoms with Crippen LogP contribution < -0.4 is 5.32 Å². The molecule has 0 radical (unpaired) electrons. The average molecular weight is 361 g/mol. The molecule has 20 heavy (non-hydrogen) atoms. The molecule has 0 aliphatic heterocycles. The van der Waals surface area contributed by atoms with E-state index < -0.39 is 0 Å². The summed E-state index contributed by atoms with van der Waals surface area (Å²) in [6.45, 7) is 5.29. The van der Waals surface area contributed by atoms with E-state index in [0.717, 1.165) is 28.8 Å². The van der Waals surface area contributed by atoms with Crippen molar-refractivity contribution in [1.29, 1.82) is 0 Å². The Hall–Kier alpha value is -1.07.